The normalized spacial score (nSPS) is 12.3. The van der Waals surface area contributed by atoms with Crippen molar-refractivity contribution in [1.29, 1.82) is 0 Å². The van der Waals surface area contributed by atoms with Crippen LogP contribution in [0.3, 0.4) is 0 Å². The highest BCUT2D eigenvalue weighted by molar-refractivity contribution is 8.01. The molecule has 10 heteroatoms. The number of rotatable bonds is 8. The number of anilines is 1. The number of nitrogens with one attached hydrogen (secondary N) is 2. The number of carbonyl (C=O) groups is 2. The quantitative estimate of drug-likeness (QED) is 0.511. The minimum absolute atomic E-state index is 0.0841. The van der Waals surface area contributed by atoms with Gasteiger partial charge in [-0.25, -0.2) is 0 Å². The van der Waals surface area contributed by atoms with Crippen LogP contribution in [0.1, 0.15) is 25.8 Å². The van der Waals surface area contributed by atoms with E-state index in [0.717, 1.165) is 5.56 Å². The highest BCUT2D eigenvalue weighted by Gasteiger charge is 2.14. The molecule has 1 aliphatic rings. The Balaban J connectivity index is 1.41. The molecule has 0 bridgehead atoms. The number of nitrogens with zero attached hydrogens (tertiary/aromatic N) is 2. The highest BCUT2D eigenvalue weighted by Crippen LogP contribution is 2.32. The molecular weight excluding hydrogens is 388 g/mol. The number of carbonyl (C=O) groups excluding carboxylic acids is 2. The minimum Gasteiger partial charge on any atom is -0.454 e. The first kappa shape index (κ1) is 19.4. The van der Waals surface area contributed by atoms with E-state index in [0.29, 0.717) is 33.9 Å². The second-order valence-electron chi connectivity index (χ2n) is 6.27. The predicted molar refractivity (Wildman–Crippen MR) is 103 cm³/mol. The molecule has 3 rings (SSSR count). The summed E-state index contributed by atoms with van der Waals surface area (Å²) in [5.41, 5.74) is 0.934. The highest BCUT2D eigenvalue weighted by atomic mass is 32.2. The van der Waals surface area contributed by atoms with Gasteiger partial charge in [-0.2, -0.15) is 0 Å². The van der Waals surface area contributed by atoms with Gasteiger partial charge in [-0.1, -0.05) is 43.0 Å². The van der Waals surface area contributed by atoms with E-state index in [-0.39, 0.29) is 30.3 Å². The lowest BCUT2D eigenvalue weighted by Gasteiger charge is -2.05. The van der Waals surface area contributed by atoms with E-state index in [4.69, 9.17) is 9.47 Å². The summed E-state index contributed by atoms with van der Waals surface area (Å²) in [5, 5.41) is 13.9. The number of ether oxygens (including phenoxy) is 2. The largest absolute Gasteiger partial charge is 0.454 e. The smallest absolute Gasteiger partial charge is 0.231 e. The van der Waals surface area contributed by atoms with Gasteiger partial charge in [0.1, 0.15) is 0 Å². The van der Waals surface area contributed by atoms with Crippen molar-refractivity contribution in [2.75, 3.05) is 17.9 Å². The predicted octanol–water partition coefficient (Wildman–Crippen LogP) is 2.66. The third-order valence-corrected chi connectivity index (χ3v) is 5.47. The van der Waals surface area contributed by atoms with Gasteiger partial charge in [0.25, 0.3) is 0 Å². The second-order valence-corrected chi connectivity index (χ2v) is 8.47. The van der Waals surface area contributed by atoms with Gasteiger partial charge in [0.15, 0.2) is 15.8 Å². The maximum absolute atomic E-state index is 12.0. The molecule has 8 nitrogen and oxygen atoms in total. The fourth-order valence-electron chi connectivity index (χ4n) is 2.29. The zero-order chi connectivity index (χ0) is 19.2. The number of amides is 2. The summed E-state index contributed by atoms with van der Waals surface area (Å²) in [7, 11) is 0. The molecular formula is C17H20N4O4S2. The number of thioether (sulfide) groups is 1. The van der Waals surface area contributed by atoms with Gasteiger partial charge >= 0.3 is 0 Å². The molecule has 27 heavy (non-hydrogen) atoms. The first-order valence-corrected chi connectivity index (χ1v) is 10.2. The Labute approximate surface area is 165 Å². The Morgan fingerprint density at radius 2 is 2.04 bits per heavy atom. The molecule has 0 radical (unpaired) electrons. The van der Waals surface area contributed by atoms with Crippen LogP contribution in [0.25, 0.3) is 0 Å². The topological polar surface area (TPSA) is 102 Å². The molecule has 0 fully saturated rings. The van der Waals surface area contributed by atoms with Crippen LogP contribution in [0.4, 0.5) is 5.13 Å². The first-order chi connectivity index (χ1) is 13.0. The molecule has 2 amide bonds. The summed E-state index contributed by atoms with van der Waals surface area (Å²) >= 11 is 2.54. The van der Waals surface area contributed by atoms with E-state index < -0.39 is 0 Å². The number of benzene rings is 1. The van der Waals surface area contributed by atoms with Crippen molar-refractivity contribution in [2.24, 2.45) is 5.92 Å². The summed E-state index contributed by atoms with van der Waals surface area (Å²) in [4.78, 5) is 23.8. The van der Waals surface area contributed by atoms with Crippen LogP contribution in [-0.2, 0) is 16.1 Å². The van der Waals surface area contributed by atoms with Gasteiger partial charge in [-0.05, 0) is 23.6 Å². The molecule has 0 saturated carbocycles. The number of hydrogen-bond donors (Lipinski definition) is 2. The summed E-state index contributed by atoms with van der Waals surface area (Å²) in [6, 6.07) is 5.57. The molecule has 2 N–H and O–H groups in total. The van der Waals surface area contributed by atoms with Gasteiger partial charge in [0.2, 0.25) is 23.7 Å². The Morgan fingerprint density at radius 1 is 1.22 bits per heavy atom. The van der Waals surface area contributed by atoms with Crippen LogP contribution in [-0.4, -0.2) is 34.6 Å². The van der Waals surface area contributed by atoms with Gasteiger partial charge in [0.05, 0.1) is 5.75 Å². The van der Waals surface area contributed by atoms with E-state index in [1.54, 1.807) is 0 Å². The van der Waals surface area contributed by atoms with Crippen molar-refractivity contribution in [2.45, 2.75) is 31.2 Å². The molecule has 0 atom stereocenters. The summed E-state index contributed by atoms with van der Waals surface area (Å²) in [6.45, 7) is 4.58. The zero-order valence-corrected chi connectivity index (χ0v) is 16.6. The van der Waals surface area contributed by atoms with Crippen molar-refractivity contribution >= 4 is 40.0 Å². The lowest BCUT2D eigenvalue weighted by Crippen LogP contribution is -2.24. The molecule has 2 heterocycles. The van der Waals surface area contributed by atoms with Crippen LogP contribution in [0.2, 0.25) is 0 Å². The van der Waals surface area contributed by atoms with Gasteiger partial charge in [-0.3, -0.25) is 9.59 Å². The fraction of sp³-hybridized carbons (Fsp3) is 0.412. The number of aromatic nitrogens is 2. The van der Waals surface area contributed by atoms with Crippen LogP contribution in [0, 0.1) is 5.92 Å². The Morgan fingerprint density at radius 3 is 2.85 bits per heavy atom. The molecule has 1 aromatic heterocycles. The Kier molecular flexibility index (Phi) is 6.51. The van der Waals surface area contributed by atoms with Crippen LogP contribution in [0.15, 0.2) is 22.5 Å². The lowest BCUT2D eigenvalue weighted by atomic mass is 10.1. The van der Waals surface area contributed by atoms with Crippen molar-refractivity contribution in [3.63, 3.8) is 0 Å². The number of hydrogen-bond acceptors (Lipinski definition) is 8. The van der Waals surface area contributed by atoms with Gasteiger partial charge in [-0.15, -0.1) is 10.2 Å². The molecule has 0 unspecified atom stereocenters. The van der Waals surface area contributed by atoms with Crippen molar-refractivity contribution < 1.29 is 19.1 Å². The maximum atomic E-state index is 12.0. The van der Waals surface area contributed by atoms with Crippen LogP contribution < -0.4 is 20.1 Å². The molecule has 0 spiro atoms. The molecule has 1 aromatic carbocycles. The fourth-order valence-corrected chi connectivity index (χ4v) is 3.89. The monoisotopic (exact) mass is 408 g/mol. The first-order valence-electron chi connectivity index (χ1n) is 8.41. The lowest BCUT2D eigenvalue weighted by molar-refractivity contribution is -0.119. The zero-order valence-electron chi connectivity index (χ0n) is 15.0. The van der Waals surface area contributed by atoms with Crippen LogP contribution in [0.5, 0.6) is 11.5 Å². The average Bonchev–Trinajstić information content (AvgIpc) is 3.25. The van der Waals surface area contributed by atoms with E-state index in [1.165, 1.54) is 23.1 Å². The Hall–Kier alpha value is -2.33. The molecule has 0 saturated heterocycles. The third kappa shape index (κ3) is 5.83. The van der Waals surface area contributed by atoms with Crippen molar-refractivity contribution in [3.05, 3.63) is 23.8 Å². The maximum Gasteiger partial charge on any atom is 0.231 e. The summed E-state index contributed by atoms with van der Waals surface area (Å²) in [5.74, 6) is 1.71. The van der Waals surface area contributed by atoms with Crippen molar-refractivity contribution in [3.8, 4) is 11.5 Å². The number of fused-ring (bicyclic) bond motifs is 1. The molecule has 144 valence electrons. The standard InChI is InChI=1S/C17H20N4O4S2/c1-10(2)5-14(22)19-16-20-21-17(27-16)26-8-15(23)18-7-11-3-4-12-13(6-11)25-9-24-12/h3-4,6,10H,5,7-9H2,1-2H3,(H,18,23)(H,19,20,22). The van der Waals surface area contributed by atoms with E-state index in [2.05, 4.69) is 20.8 Å². The van der Waals surface area contributed by atoms with Crippen molar-refractivity contribution in [1.82, 2.24) is 15.5 Å². The third-order valence-electron chi connectivity index (χ3n) is 3.50. The SMILES string of the molecule is CC(C)CC(=O)Nc1nnc(SCC(=O)NCc2ccc3c(c2)OCO3)s1. The van der Waals surface area contributed by atoms with Gasteiger partial charge < -0.3 is 20.1 Å². The molecule has 1 aliphatic heterocycles. The van der Waals surface area contributed by atoms with E-state index in [1.807, 2.05) is 32.0 Å². The molecule has 2 aromatic rings. The van der Waals surface area contributed by atoms with Gasteiger partial charge in [0, 0.05) is 13.0 Å². The van der Waals surface area contributed by atoms with E-state index >= 15 is 0 Å². The van der Waals surface area contributed by atoms with Crippen LogP contribution >= 0.6 is 23.1 Å². The average molecular weight is 409 g/mol. The Bertz CT molecular complexity index is 825. The summed E-state index contributed by atoms with van der Waals surface area (Å²) < 4.78 is 11.2. The molecule has 0 aliphatic carbocycles. The minimum atomic E-state index is -0.113. The summed E-state index contributed by atoms with van der Waals surface area (Å²) in [6.07, 6.45) is 0.435. The van der Waals surface area contributed by atoms with E-state index in [9.17, 15) is 9.59 Å². The second kappa shape index (κ2) is 9.05.